The molecule has 1 amide bonds. The molecule has 0 aromatic heterocycles. The highest BCUT2D eigenvalue weighted by Gasteiger charge is 2.11. The number of benzene rings is 1. The molecule has 0 spiro atoms. The Morgan fingerprint density at radius 3 is 2.67 bits per heavy atom. The molecule has 0 saturated heterocycles. The van der Waals surface area contributed by atoms with Crippen LogP contribution in [0.1, 0.15) is 43.1 Å². The zero-order chi connectivity index (χ0) is 13.5. The van der Waals surface area contributed by atoms with Crippen molar-refractivity contribution in [1.29, 1.82) is 0 Å². The number of anilines is 1. The third-order valence-corrected chi connectivity index (χ3v) is 3.09. The van der Waals surface area contributed by atoms with Crippen molar-refractivity contribution in [2.75, 3.05) is 18.4 Å². The molecule has 0 aliphatic heterocycles. The molecule has 0 heterocycles. The Morgan fingerprint density at radius 1 is 1.33 bits per heavy atom. The molecular formula is C15H24N2O. The van der Waals surface area contributed by atoms with E-state index in [0.29, 0.717) is 5.92 Å². The predicted molar refractivity (Wildman–Crippen MR) is 77.1 cm³/mol. The zero-order valence-electron chi connectivity index (χ0n) is 11.8. The minimum atomic E-state index is 0.00579. The standard InChI is InChI=1S/C15H24N2O/c1-5-11(3)10-17-15(18)13-8-7-12(4)9-14(13)16-6-2/h7-9,11,16H,5-6,10H2,1-4H3,(H,17,18). The van der Waals surface area contributed by atoms with Crippen LogP contribution in [0.3, 0.4) is 0 Å². The number of amides is 1. The molecule has 0 bridgehead atoms. The number of rotatable bonds is 6. The van der Waals surface area contributed by atoms with Gasteiger partial charge in [-0.05, 0) is 37.5 Å². The lowest BCUT2D eigenvalue weighted by Gasteiger charge is -2.14. The van der Waals surface area contributed by atoms with Gasteiger partial charge in [-0.25, -0.2) is 0 Å². The van der Waals surface area contributed by atoms with E-state index < -0.39 is 0 Å². The molecule has 1 unspecified atom stereocenters. The minimum absolute atomic E-state index is 0.00579. The molecule has 0 saturated carbocycles. The van der Waals surface area contributed by atoms with Crippen molar-refractivity contribution >= 4 is 11.6 Å². The van der Waals surface area contributed by atoms with Crippen LogP contribution in [0.5, 0.6) is 0 Å². The van der Waals surface area contributed by atoms with Gasteiger partial charge >= 0.3 is 0 Å². The molecule has 0 fully saturated rings. The maximum absolute atomic E-state index is 12.1. The summed E-state index contributed by atoms with van der Waals surface area (Å²) in [7, 11) is 0. The van der Waals surface area contributed by atoms with Gasteiger partial charge in [0.1, 0.15) is 0 Å². The van der Waals surface area contributed by atoms with Crippen LogP contribution < -0.4 is 10.6 Å². The molecule has 0 aliphatic rings. The largest absolute Gasteiger partial charge is 0.385 e. The van der Waals surface area contributed by atoms with Crippen molar-refractivity contribution in [3.63, 3.8) is 0 Å². The molecular weight excluding hydrogens is 224 g/mol. The molecule has 1 rings (SSSR count). The minimum Gasteiger partial charge on any atom is -0.385 e. The molecule has 1 aromatic rings. The van der Waals surface area contributed by atoms with Crippen LogP contribution in [0, 0.1) is 12.8 Å². The molecule has 18 heavy (non-hydrogen) atoms. The highest BCUT2D eigenvalue weighted by atomic mass is 16.1. The summed E-state index contributed by atoms with van der Waals surface area (Å²) < 4.78 is 0. The lowest BCUT2D eigenvalue weighted by atomic mass is 10.1. The van der Waals surface area contributed by atoms with E-state index in [9.17, 15) is 4.79 Å². The maximum atomic E-state index is 12.1. The summed E-state index contributed by atoms with van der Waals surface area (Å²) in [6.45, 7) is 9.88. The van der Waals surface area contributed by atoms with E-state index in [0.717, 1.165) is 36.3 Å². The van der Waals surface area contributed by atoms with E-state index >= 15 is 0 Å². The third kappa shape index (κ3) is 4.06. The third-order valence-electron chi connectivity index (χ3n) is 3.09. The summed E-state index contributed by atoms with van der Waals surface area (Å²) in [5.41, 5.74) is 2.80. The summed E-state index contributed by atoms with van der Waals surface area (Å²) in [6, 6.07) is 5.87. The Bertz CT molecular complexity index is 401. The fourth-order valence-corrected chi connectivity index (χ4v) is 1.70. The van der Waals surface area contributed by atoms with Gasteiger partial charge in [-0.1, -0.05) is 26.3 Å². The molecule has 0 radical (unpaired) electrons. The molecule has 3 heteroatoms. The SMILES string of the molecule is CCNc1cc(C)ccc1C(=O)NCC(C)CC. The van der Waals surface area contributed by atoms with E-state index in [1.54, 1.807) is 0 Å². The molecule has 1 atom stereocenters. The molecule has 1 aromatic carbocycles. The Morgan fingerprint density at radius 2 is 2.06 bits per heavy atom. The van der Waals surface area contributed by atoms with Gasteiger partial charge in [0.25, 0.3) is 5.91 Å². The van der Waals surface area contributed by atoms with Crippen LogP contribution in [0.4, 0.5) is 5.69 Å². The van der Waals surface area contributed by atoms with Crippen LogP contribution in [0.25, 0.3) is 0 Å². The average molecular weight is 248 g/mol. The second-order valence-electron chi connectivity index (χ2n) is 4.80. The number of carbonyl (C=O) groups is 1. The van der Waals surface area contributed by atoms with Crippen LogP contribution >= 0.6 is 0 Å². The topological polar surface area (TPSA) is 41.1 Å². The van der Waals surface area contributed by atoms with Gasteiger partial charge in [-0.3, -0.25) is 4.79 Å². The fraction of sp³-hybridized carbons (Fsp3) is 0.533. The highest BCUT2D eigenvalue weighted by molar-refractivity contribution is 5.99. The first-order chi connectivity index (χ1) is 8.58. The van der Waals surface area contributed by atoms with Gasteiger partial charge in [0.05, 0.1) is 5.56 Å². The molecule has 3 nitrogen and oxygen atoms in total. The monoisotopic (exact) mass is 248 g/mol. The first-order valence-electron chi connectivity index (χ1n) is 6.71. The van der Waals surface area contributed by atoms with Gasteiger partial charge in [-0.15, -0.1) is 0 Å². The normalized spacial score (nSPS) is 12.0. The molecule has 100 valence electrons. The smallest absolute Gasteiger partial charge is 0.253 e. The van der Waals surface area contributed by atoms with Gasteiger partial charge in [0, 0.05) is 18.8 Å². The van der Waals surface area contributed by atoms with Gasteiger partial charge in [0.15, 0.2) is 0 Å². The van der Waals surface area contributed by atoms with Crippen molar-refractivity contribution in [3.8, 4) is 0 Å². The summed E-state index contributed by atoms with van der Waals surface area (Å²) in [6.07, 6.45) is 1.08. The maximum Gasteiger partial charge on any atom is 0.253 e. The van der Waals surface area contributed by atoms with E-state index in [1.807, 2.05) is 32.0 Å². The quantitative estimate of drug-likeness (QED) is 0.811. The second kappa shape index (κ2) is 7.04. The molecule has 2 N–H and O–H groups in total. The summed E-state index contributed by atoms with van der Waals surface area (Å²) in [5.74, 6) is 0.522. The van der Waals surface area contributed by atoms with E-state index in [-0.39, 0.29) is 5.91 Å². The van der Waals surface area contributed by atoms with Crippen LogP contribution in [-0.2, 0) is 0 Å². The Kier molecular flexibility index (Phi) is 5.69. The Labute approximate surface area is 110 Å². The Balaban J connectivity index is 2.78. The van der Waals surface area contributed by atoms with E-state index in [1.165, 1.54) is 0 Å². The number of nitrogens with one attached hydrogen (secondary N) is 2. The van der Waals surface area contributed by atoms with Crippen molar-refractivity contribution in [2.45, 2.75) is 34.1 Å². The molecule has 0 aliphatic carbocycles. The van der Waals surface area contributed by atoms with Crippen LogP contribution in [0.2, 0.25) is 0 Å². The van der Waals surface area contributed by atoms with Crippen molar-refractivity contribution < 1.29 is 4.79 Å². The van der Waals surface area contributed by atoms with Crippen molar-refractivity contribution in [2.24, 2.45) is 5.92 Å². The van der Waals surface area contributed by atoms with Crippen LogP contribution in [-0.4, -0.2) is 19.0 Å². The average Bonchev–Trinajstić information content (AvgIpc) is 2.36. The summed E-state index contributed by atoms with van der Waals surface area (Å²) in [4.78, 5) is 12.1. The Hall–Kier alpha value is -1.51. The van der Waals surface area contributed by atoms with E-state index in [4.69, 9.17) is 0 Å². The zero-order valence-corrected chi connectivity index (χ0v) is 11.8. The summed E-state index contributed by atoms with van der Waals surface area (Å²) >= 11 is 0. The van der Waals surface area contributed by atoms with Crippen molar-refractivity contribution in [3.05, 3.63) is 29.3 Å². The van der Waals surface area contributed by atoms with Crippen molar-refractivity contribution in [1.82, 2.24) is 5.32 Å². The number of hydrogen-bond donors (Lipinski definition) is 2. The number of carbonyl (C=O) groups excluding carboxylic acids is 1. The first kappa shape index (κ1) is 14.6. The number of hydrogen-bond acceptors (Lipinski definition) is 2. The van der Waals surface area contributed by atoms with Gasteiger partial charge in [-0.2, -0.15) is 0 Å². The highest BCUT2D eigenvalue weighted by Crippen LogP contribution is 2.17. The van der Waals surface area contributed by atoms with Gasteiger partial charge in [0.2, 0.25) is 0 Å². The van der Waals surface area contributed by atoms with Gasteiger partial charge < -0.3 is 10.6 Å². The first-order valence-corrected chi connectivity index (χ1v) is 6.71. The lowest BCUT2D eigenvalue weighted by Crippen LogP contribution is -2.28. The fourth-order valence-electron chi connectivity index (χ4n) is 1.70. The predicted octanol–water partition coefficient (Wildman–Crippen LogP) is 3.20. The van der Waals surface area contributed by atoms with E-state index in [2.05, 4.69) is 24.5 Å². The number of aryl methyl sites for hydroxylation is 1. The van der Waals surface area contributed by atoms with Crippen LogP contribution in [0.15, 0.2) is 18.2 Å². The summed E-state index contributed by atoms with van der Waals surface area (Å²) in [5, 5.41) is 6.23. The lowest BCUT2D eigenvalue weighted by molar-refractivity contribution is 0.0948. The second-order valence-corrected chi connectivity index (χ2v) is 4.80.